The molecule has 1 aromatic carbocycles. The van der Waals surface area contributed by atoms with Gasteiger partial charge >= 0.3 is 5.97 Å². The molecule has 7 heteroatoms. The maximum Gasteiger partial charge on any atom is 0.349 e. The summed E-state index contributed by atoms with van der Waals surface area (Å²) < 4.78 is 6.50. The van der Waals surface area contributed by atoms with Crippen LogP contribution in [-0.2, 0) is 9.53 Å². The number of amides is 1. The van der Waals surface area contributed by atoms with Gasteiger partial charge in [-0.1, -0.05) is 12.1 Å². The molecule has 3 heterocycles. The standard InChI is InChI=1S/C19H18N2O3S2/c1-12(18(22)21-10-4-5-11-21)24-19(23)16-9-8-15(25-16)17-20-13-6-2-3-7-14(13)26-17/h2-3,6-9,12H,4-5,10-11H2,1H3/t12-/m1/s1. The summed E-state index contributed by atoms with van der Waals surface area (Å²) in [6, 6.07) is 11.6. The second kappa shape index (κ2) is 7.17. The average molecular weight is 386 g/mol. The highest BCUT2D eigenvalue weighted by atomic mass is 32.1. The summed E-state index contributed by atoms with van der Waals surface area (Å²) in [4.78, 5) is 32.5. The van der Waals surface area contributed by atoms with E-state index in [0.717, 1.165) is 46.0 Å². The molecule has 0 radical (unpaired) electrons. The molecular weight excluding hydrogens is 368 g/mol. The quantitative estimate of drug-likeness (QED) is 0.631. The minimum absolute atomic E-state index is 0.112. The van der Waals surface area contributed by atoms with Gasteiger partial charge in [0.15, 0.2) is 6.10 Å². The lowest BCUT2D eigenvalue weighted by molar-refractivity contribution is -0.138. The Morgan fingerprint density at radius 1 is 1.12 bits per heavy atom. The molecule has 1 atom stereocenters. The van der Waals surface area contributed by atoms with Crippen LogP contribution in [0.25, 0.3) is 20.1 Å². The summed E-state index contributed by atoms with van der Waals surface area (Å²) in [6.07, 6.45) is 1.28. The Balaban J connectivity index is 1.46. The molecule has 5 nitrogen and oxygen atoms in total. The number of benzene rings is 1. The third-order valence-corrected chi connectivity index (χ3v) is 6.63. The zero-order valence-electron chi connectivity index (χ0n) is 14.3. The fourth-order valence-electron chi connectivity index (χ4n) is 3.00. The molecule has 0 saturated carbocycles. The molecule has 0 spiro atoms. The summed E-state index contributed by atoms with van der Waals surface area (Å²) in [5.41, 5.74) is 0.954. The van der Waals surface area contributed by atoms with Crippen LogP contribution < -0.4 is 0 Å². The summed E-state index contributed by atoms with van der Waals surface area (Å²) in [7, 11) is 0. The van der Waals surface area contributed by atoms with Crippen LogP contribution in [-0.4, -0.2) is 41.0 Å². The van der Waals surface area contributed by atoms with Crippen molar-refractivity contribution in [3.05, 3.63) is 41.3 Å². The molecule has 1 aliphatic rings. The summed E-state index contributed by atoms with van der Waals surface area (Å²) >= 11 is 2.94. The van der Waals surface area contributed by atoms with Gasteiger partial charge in [-0.3, -0.25) is 4.79 Å². The van der Waals surface area contributed by atoms with Gasteiger partial charge < -0.3 is 9.64 Å². The van der Waals surface area contributed by atoms with E-state index in [-0.39, 0.29) is 5.91 Å². The first kappa shape index (κ1) is 17.2. The van der Waals surface area contributed by atoms with Gasteiger partial charge in [0.2, 0.25) is 0 Å². The van der Waals surface area contributed by atoms with Crippen LogP contribution in [0.5, 0.6) is 0 Å². The zero-order chi connectivity index (χ0) is 18.1. The minimum Gasteiger partial charge on any atom is -0.448 e. The molecule has 1 saturated heterocycles. The fourth-order valence-corrected chi connectivity index (χ4v) is 4.91. The van der Waals surface area contributed by atoms with Crippen LogP contribution >= 0.6 is 22.7 Å². The maximum atomic E-state index is 12.4. The molecule has 26 heavy (non-hydrogen) atoms. The number of hydrogen-bond acceptors (Lipinski definition) is 6. The van der Waals surface area contributed by atoms with Crippen molar-refractivity contribution in [2.45, 2.75) is 25.9 Å². The summed E-state index contributed by atoms with van der Waals surface area (Å²) in [5.74, 6) is -0.568. The number of carbonyl (C=O) groups excluding carboxylic acids is 2. The number of hydrogen-bond donors (Lipinski definition) is 0. The molecule has 1 fully saturated rings. The van der Waals surface area contributed by atoms with E-state index in [4.69, 9.17) is 4.74 Å². The molecule has 1 aliphatic heterocycles. The molecule has 0 aliphatic carbocycles. The van der Waals surface area contributed by atoms with Gasteiger partial charge in [0, 0.05) is 13.1 Å². The van der Waals surface area contributed by atoms with Crippen molar-refractivity contribution >= 4 is 44.8 Å². The number of nitrogens with zero attached hydrogens (tertiary/aromatic N) is 2. The van der Waals surface area contributed by atoms with E-state index in [1.807, 2.05) is 30.3 Å². The van der Waals surface area contributed by atoms with Crippen LogP contribution in [0.3, 0.4) is 0 Å². The van der Waals surface area contributed by atoms with E-state index >= 15 is 0 Å². The van der Waals surface area contributed by atoms with E-state index in [1.165, 1.54) is 11.3 Å². The minimum atomic E-state index is -0.756. The number of para-hydroxylation sites is 1. The van der Waals surface area contributed by atoms with E-state index in [9.17, 15) is 9.59 Å². The van der Waals surface area contributed by atoms with Crippen LogP contribution in [0, 0.1) is 0 Å². The van der Waals surface area contributed by atoms with E-state index < -0.39 is 12.1 Å². The predicted octanol–water partition coefficient (Wildman–Crippen LogP) is 4.19. The molecule has 2 aromatic heterocycles. The van der Waals surface area contributed by atoms with E-state index in [0.29, 0.717) is 4.88 Å². The van der Waals surface area contributed by atoms with Gasteiger partial charge in [0.05, 0.1) is 15.1 Å². The first-order chi connectivity index (χ1) is 12.6. The number of thiazole rings is 1. The Hall–Kier alpha value is -2.25. The van der Waals surface area contributed by atoms with Gasteiger partial charge in [0.1, 0.15) is 9.88 Å². The van der Waals surface area contributed by atoms with Crippen molar-refractivity contribution in [1.82, 2.24) is 9.88 Å². The third-order valence-electron chi connectivity index (χ3n) is 4.36. The monoisotopic (exact) mass is 386 g/mol. The Bertz CT molecular complexity index is 924. The summed E-state index contributed by atoms with van der Waals surface area (Å²) in [6.45, 7) is 3.14. The lowest BCUT2D eigenvalue weighted by atomic mass is 10.3. The number of thiophene rings is 1. The van der Waals surface area contributed by atoms with Crippen molar-refractivity contribution in [1.29, 1.82) is 0 Å². The number of fused-ring (bicyclic) bond motifs is 1. The highest BCUT2D eigenvalue weighted by Crippen LogP contribution is 2.34. The van der Waals surface area contributed by atoms with E-state index in [1.54, 1.807) is 29.2 Å². The largest absolute Gasteiger partial charge is 0.448 e. The van der Waals surface area contributed by atoms with Gasteiger partial charge in [0.25, 0.3) is 5.91 Å². The number of likely N-dealkylation sites (tertiary alicyclic amines) is 1. The van der Waals surface area contributed by atoms with Crippen molar-refractivity contribution in [2.24, 2.45) is 0 Å². The maximum absolute atomic E-state index is 12.4. The van der Waals surface area contributed by atoms with Crippen LogP contribution in [0.1, 0.15) is 29.4 Å². The number of carbonyl (C=O) groups is 2. The van der Waals surface area contributed by atoms with Crippen LogP contribution in [0.2, 0.25) is 0 Å². The second-order valence-electron chi connectivity index (χ2n) is 6.23. The zero-order valence-corrected chi connectivity index (χ0v) is 15.9. The van der Waals surface area contributed by atoms with Crippen LogP contribution in [0.4, 0.5) is 0 Å². The molecule has 1 amide bonds. The van der Waals surface area contributed by atoms with E-state index in [2.05, 4.69) is 4.98 Å². The third kappa shape index (κ3) is 3.37. The second-order valence-corrected chi connectivity index (χ2v) is 8.34. The number of rotatable bonds is 4. The molecule has 3 aromatic rings. The lowest BCUT2D eigenvalue weighted by Crippen LogP contribution is -2.38. The van der Waals surface area contributed by atoms with Crippen molar-refractivity contribution < 1.29 is 14.3 Å². The Morgan fingerprint density at radius 3 is 2.65 bits per heavy atom. The van der Waals surface area contributed by atoms with Gasteiger partial charge in [-0.05, 0) is 44.0 Å². The normalized spacial score (nSPS) is 15.3. The smallest absolute Gasteiger partial charge is 0.349 e. The first-order valence-electron chi connectivity index (χ1n) is 8.57. The number of ether oxygens (including phenoxy) is 1. The highest BCUT2D eigenvalue weighted by molar-refractivity contribution is 7.26. The van der Waals surface area contributed by atoms with Gasteiger partial charge in [-0.25, -0.2) is 9.78 Å². The lowest BCUT2D eigenvalue weighted by Gasteiger charge is -2.20. The molecule has 134 valence electrons. The van der Waals surface area contributed by atoms with Crippen molar-refractivity contribution in [3.63, 3.8) is 0 Å². The molecule has 0 unspecified atom stereocenters. The van der Waals surface area contributed by atoms with Crippen LogP contribution in [0.15, 0.2) is 36.4 Å². The molecule has 0 N–H and O–H groups in total. The molecular formula is C19H18N2O3S2. The first-order valence-corrected chi connectivity index (χ1v) is 10.2. The Kier molecular flexibility index (Phi) is 4.74. The molecule has 4 rings (SSSR count). The fraction of sp³-hybridized carbons (Fsp3) is 0.316. The Labute approximate surface area is 159 Å². The van der Waals surface area contributed by atoms with Crippen molar-refractivity contribution in [3.8, 4) is 9.88 Å². The van der Waals surface area contributed by atoms with Gasteiger partial charge in [-0.2, -0.15) is 0 Å². The topological polar surface area (TPSA) is 59.5 Å². The Morgan fingerprint density at radius 2 is 1.88 bits per heavy atom. The number of esters is 1. The predicted molar refractivity (Wildman–Crippen MR) is 104 cm³/mol. The van der Waals surface area contributed by atoms with Gasteiger partial charge in [-0.15, -0.1) is 22.7 Å². The van der Waals surface area contributed by atoms with Crippen molar-refractivity contribution in [2.75, 3.05) is 13.1 Å². The highest BCUT2D eigenvalue weighted by Gasteiger charge is 2.26. The molecule has 0 bridgehead atoms. The summed E-state index contributed by atoms with van der Waals surface area (Å²) in [5, 5.41) is 0.886. The SMILES string of the molecule is C[C@@H](OC(=O)c1ccc(-c2nc3ccccc3s2)s1)C(=O)N1CCCC1. The number of aromatic nitrogens is 1. The average Bonchev–Trinajstić information content (AvgIpc) is 3.40.